The number of nitro benzene ring substituents is 1. The second-order valence-electron chi connectivity index (χ2n) is 6.99. The van der Waals surface area contributed by atoms with Crippen LogP contribution in [-0.2, 0) is 17.6 Å². The van der Waals surface area contributed by atoms with Gasteiger partial charge in [-0.25, -0.2) is 0 Å². The molecule has 2 aromatic carbocycles. The van der Waals surface area contributed by atoms with Crippen molar-refractivity contribution in [2.75, 3.05) is 31.6 Å². The molecule has 1 fully saturated rings. The molecule has 0 N–H and O–H groups in total. The van der Waals surface area contributed by atoms with E-state index in [1.54, 1.807) is 17.0 Å². The lowest BCUT2D eigenvalue weighted by molar-refractivity contribution is -0.384. The first kappa shape index (κ1) is 21.7. The Morgan fingerprint density at radius 1 is 1.11 bits per heavy atom. The maximum atomic E-state index is 12.5. The molecule has 1 aliphatic heterocycles. The summed E-state index contributed by atoms with van der Waals surface area (Å²) in [5.41, 5.74) is 3.38. The molecule has 0 aromatic heterocycles. The number of carbonyl (C=O) groups excluding carboxylic acids is 1. The summed E-state index contributed by atoms with van der Waals surface area (Å²) >= 11 is 0. The zero-order valence-electron chi connectivity index (χ0n) is 16.0. The molecule has 6 nitrogen and oxygen atoms in total. The summed E-state index contributed by atoms with van der Waals surface area (Å²) < 4.78 is 0. The molecule has 1 amide bonds. The fourth-order valence-electron chi connectivity index (χ4n) is 3.45. The average Bonchev–Trinajstić information content (AvgIpc) is 3.21. The Kier molecular flexibility index (Phi) is 7.81. The number of non-ortho nitro benzene ring substituents is 1. The van der Waals surface area contributed by atoms with E-state index in [-0.39, 0.29) is 30.4 Å². The third-order valence-corrected chi connectivity index (χ3v) is 5.08. The first-order valence-corrected chi connectivity index (χ1v) is 9.35. The van der Waals surface area contributed by atoms with E-state index in [0.29, 0.717) is 6.54 Å². The number of halogens is 1. The summed E-state index contributed by atoms with van der Waals surface area (Å²) in [7, 11) is 1.81. The fraction of sp³-hybridized carbons (Fsp3) is 0.381. The number of hydrogen-bond acceptors (Lipinski definition) is 4. The van der Waals surface area contributed by atoms with Crippen molar-refractivity contribution < 1.29 is 9.72 Å². The van der Waals surface area contributed by atoms with Gasteiger partial charge in [-0.15, -0.1) is 12.4 Å². The van der Waals surface area contributed by atoms with Crippen molar-refractivity contribution in [1.82, 2.24) is 4.90 Å². The minimum absolute atomic E-state index is 0. The third-order valence-electron chi connectivity index (χ3n) is 5.08. The fourth-order valence-corrected chi connectivity index (χ4v) is 3.45. The van der Waals surface area contributed by atoms with Crippen molar-refractivity contribution in [1.29, 1.82) is 0 Å². The van der Waals surface area contributed by atoms with Crippen LogP contribution in [0.4, 0.5) is 11.4 Å². The Hall–Kier alpha value is -2.60. The van der Waals surface area contributed by atoms with E-state index in [0.717, 1.165) is 25.1 Å². The van der Waals surface area contributed by atoms with Crippen LogP contribution in [-0.4, -0.2) is 42.4 Å². The Bertz CT molecular complexity index is 805. The number of amides is 1. The molecule has 7 heteroatoms. The van der Waals surface area contributed by atoms with E-state index in [4.69, 9.17) is 0 Å². The topological polar surface area (TPSA) is 66.7 Å². The summed E-state index contributed by atoms with van der Waals surface area (Å²) in [6.45, 7) is 2.86. The van der Waals surface area contributed by atoms with Gasteiger partial charge in [-0.1, -0.05) is 30.3 Å². The zero-order chi connectivity index (χ0) is 19.2. The number of para-hydroxylation sites is 1. The molecule has 28 heavy (non-hydrogen) atoms. The normalized spacial score (nSPS) is 13.1. The minimum atomic E-state index is -0.435. The molecule has 0 saturated carbocycles. The molecule has 0 aliphatic carbocycles. The largest absolute Gasteiger partial charge is 0.371 e. The molecule has 1 saturated heterocycles. The van der Waals surface area contributed by atoms with Crippen LogP contribution in [0.25, 0.3) is 0 Å². The van der Waals surface area contributed by atoms with Crippen LogP contribution in [0.1, 0.15) is 24.0 Å². The van der Waals surface area contributed by atoms with E-state index in [1.165, 1.54) is 36.2 Å². The predicted molar refractivity (Wildman–Crippen MR) is 113 cm³/mol. The smallest absolute Gasteiger partial charge is 0.269 e. The molecule has 3 rings (SSSR count). The lowest BCUT2D eigenvalue weighted by Crippen LogP contribution is -2.30. The number of likely N-dealkylation sites (N-methyl/N-ethyl adjacent to an activating group) is 1. The highest BCUT2D eigenvalue weighted by molar-refractivity contribution is 5.85. The summed E-state index contributed by atoms with van der Waals surface area (Å²) in [5.74, 6) is 0.0162. The van der Waals surface area contributed by atoms with E-state index >= 15 is 0 Å². The van der Waals surface area contributed by atoms with Crippen LogP contribution in [0.5, 0.6) is 0 Å². The lowest BCUT2D eigenvalue weighted by atomic mass is 10.1. The molecular formula is C21H26ClN3O3. The van der Waals surface area contributed by atoms with Gasteiger partial charge in [0, 0.05) is 44.5 Å². The van der Waals surface area contributed by atoms with Gasteiger partial charge < -0.3 is 9.80 Å². The first-order valence-electron chi connectivity index (χ1n) is 9.35. The van der Waals surface area contributed by atoms with Gasteiger partial charge in [0.05, 0.1) is 11.3 Å². The van der Waals surface area contributed by atoms with Crippen LogP contribution in [0.3, 0.4) is 0 Å². The number of anilines is 1. The molecule has 2 aromatic rings. The summed E-state index contributed by atoms with van der Waals surface area (Å²) in [6, 6.07) is 14.6. The molecule has 0 radical (unpaired) electrons. The molecule has 0 atom stereocenters. The zero-order valence-corrected chi connectivity index (χ0v) is 16.9. The summed E-state index contributed by atoms with van der Waals surface area (Å²) in [4.78, 5) is 26.9. The summed E-state index contributed by atoms with van der Waals surface area (Å²) in [6.07, 6.45) is 3.54. The highest BCUT2D eigenvalue weighted by Gasteiger charge is 2.16. The number of rotatable bonds is 7. The molecule has 150 valence electrons. The molecular weight excluding hydrogens is 378 g/mol. The van der Waals surface area contributed by atoms with Crippen molar-refractivity contribution in [3.63, 3.8) is 0 Å². The van der Waals surface area contributed by atoms with Gasteiger partial charge in [0.2, 0.25) is 5.91 Å². The molecule has 1 aliphatic rings. The Labute approximate surface area is 171 Å². The van der Waals surface area contributed by atoms with Crippen LogP contribution < -0.4 is 4.90 Å². The number of hydrogen-bond donors (Lipinski definition) is 0. The SMILES string of the molecule is CN(CCc1ccccc1N1CCCC1)C(=O)Cc1ccc([N+](=O)[O-])cc1.Cl. The Balaban J connectivity index is 0.00000280. The maximum Gasteiger partial charge on any atom is 0.269 e. The van der Waals surface area contributed by atoms with Gasteiger partial charge in [0.25, 0.3) is 5.69 Å². The number of benzene rings is 2. The van der Waals surface area contributed by atoms with E-state index in [9.17, 15) is 14.9 Å². The second kappa shape index (κ2) is 10.1. The average molecular weight is 404 g/mol. The number of nitrogens with zero attached hydrogens (tertiary/aromatic N) is 3. The maximum absolute atomic E-state index is 12.5. The van der Waals surface area contributed by atoms with Gasteiger partial charge in [-0.3, -0.25) is 14.9 Å². The molecule has 1 heterocycles. The molecule has 0 unspecified atom stereocenters. The first-order chi connectivity index (χ1) is 13.0. The van der Waals surface area contributed by atoms with E-state index < -0.39 is 4.92 Å². The van der Waals surface area contributed by atoms with Gasteiger partial charge >= 0.3 is 0 Å². The van der Waals surface area contributed by atoms with Crippen LogP contribution in [0.2, 0.25) is 0 Å². The third kappa shape index (κ3) is 5.45. The Morgan fingerprint density at radius 3 is 2.39 bits per heavy atom. The Morgan fingerprint density at radius 2 is 1.75 bits per heavy atom. The highest BCUT2D eigenvalue weighted by Crippen LogP contribution is 2.25. The minimum Gasteiger partial charge on any atom is -0.371 e. The highest BCUT2D eigenvalue weighted by atomic mass is 35.5. The van der Waals surface area contributed by atoms with Gasteiger partial charge in [-0.05, 0) is 36.5 Å². The number of nitro groups is 1. The summed E-state index contributed by atoms with van der Waals surface area (Å²) in [5, 5.41) is 10.7. The standard InChI is InChI=1S/C21H25N3O3.ClH/c1-22(21(25)16-17-8-10-19(11-9-17)24(26)27)15-12-18-6-2-3-7-20(18)23-13-4-5-14-23;/h2-3,6-11H,4-5,12-16H2,1H3;1H. The van der Waals surface area contributed by atoms with E-state index in [2.05, 4.69) is 23.1 Å². The number of carbonyl (C=O) groups is 1. The molecule has 0 bridgehead atoms. The quantitative estimate of drug-likeness (QED) is 0.520. The van der Waals surface area contributed by atoms with Crippen molar-refractivity contribution in [2.24, 2.45) is 0 Å². The van der Waals surface area contributed by atoms with Gasteiger partial charge in [0.1, 0.15) is 0 Å². The van der Waals surface area contributed by atoms with Crippen LogP contribution >= 0.6 is 12.4 Å². The van der Waals surface area contributed by atoms with Crippen molar-refractivity contribution in [3.8, 4) is 0 Å². The molecule has 0 spiro atoms. The van der Waals surface area contributed by atoms with Gasteiger partial charge in [-0.2, -0.15) is 0 Å². The second-order valence-corrected chi connectivity index (χ2v) is 6.99. The van der Waals surface area contributed by atoms with Crippen molar-refractivity contribution in [3.05, 3.63) is 69.8 Å². The van der Waals surface area contributed by atoms with Crippen LogP contribution in [0.15, 0.2) is 48.5 Å². The van der Waals surface area contributed by atoms with Crippen molar-refractivity contribution >= 4 is 29.7 Å². The lowest BCUT2D eigenvalue weighted by Gasteiger charge is -2.23. The van der Waals surface area contributed by atoms with Gasteiger partial charge in [0.15, 0.2) is 0 Å². The van der Waals surface area contributed by atoms with Crippen molar-refractivity contribution in [2.45, 2.75) is 25.7 Å². The predicted octanol–water partition coefficient (Wildman–Crippen LogP) is 3.86. The van der Waals surface area contributed by atoms with Crippen LogP contribution in [0, 0.1) is 10.1 Å². The monoisotopic (exact) mass is 403 g/mol. The van der Waals surface area contributed by atoms with E-state index in [1.807, 2.05) is 13.1 Å².